The van der Waals surface area contributed by atoms with Gasteiger partial charge in [0.15, 0.2) is 0 Å². The Bertz CT molecular complexity index is 1020. The van der Waals surface area contributed by atoms with Crippen LogP contribution < -0.4 is 5.32 Å². The number of anilines is 1. The van der Waals surface area contributed by atoms with Gasteiger partial charge in [-0.05, 0) is 73.4 Å². The fraction of sp³-hybridized carbons (Fsp3) is 0.462. The summed E-state index contributed by atoms with van der Waals surface area (Å²) in [5.41, 5.74) is 5.78. The second kappa shape index (κ2) is 7.79. The number of carbonyl (C=O) groups is 2. The highest BCUT2D eigenvalue weighted by molar-refractivity contribution is 6.06. The van der Waals surface area contributed by atoms with Crippen molar-refractivity contribution in [1.29, 1.82) is 0 Å². The number of piperidine rings is 1. The highest BCUT2D eigenvalue weighted by Gasteiger charge is 2.41. The van der Waals surface area contributed by atoms with Gasteiger partial charge in [0, 0.05) is 20.6 Å². The minimum Gasteiger partial charge on any atom is -0.345 e. The van der Waals surface area contributed by atoms with E-state index in [1.807, 2.05) is 12.1 Å². The summed E-state index contributed by atoms with van der Waals surface area (Å²) >= 11 is 0. The second-order valence-electron chi connectivity index (χ2n) is 9.67. The van der Waals surface area contributed by atoms with Crippen molar-refractivity contribution in [3.8, 4) is 0 Å². The Morgan fingerprint density at radius 1 is 1.06 bits per heavy atom. The Kier molecular flexibility index (Phi) is 5.09. The number of fused-ring (bicyclic) bond motifs is 3. The van der Waals surface area contributed by atoms with Gasteiger partial charge >= 0.3 is 0 Å². The molecule has 0 radical (unpaired) electrons. The summed E-state index contributed by atoms with van der Waals surface area (Å²) in [4.78, 5) is 29.4. The summed E-state index contributed by atoms with van der Waals surface area (Å²) in [6, 6.07) is 14.7. The highest BCUT2D eigenvalue weighted by Crippen LogP contribution is 2.46. The first-order valence-corrected chi connectivity index (χ1v) is 11.4. The molecule has 1 spiro atoms. The lowest BCUT2D eigenvalue weighted by molar-refractivity contribution is -0.121. The number of rotatable bonds is 3. The van der Waals surface area contributed by atoms with Crippen molar-refractivity contribution in [2.24, 2.45) is 5.92 Å². The van der Waals surface area contributed by atoms with E-state index in [9.17, 15) is 9.59 Å². The molecule has 31 heavy (non-hydrogen) atoms. The molecule has 1 atom stereocenters. The first-order chi connectivity index (χ1) is 15.0. The maximum absolute atomic E-state index is 12.9. The lowest BCUT2D eigenvalue weighted by Crippen LogP contribution is -2.46. The SMILES string of the molecule is CN(C)C(=O)c1cccc2c1NC(=O)C(CN1CCC3(CCc4ccccc43)CC1)C2. The normalized spacial score (nSPS) is 22.0. The number of aryl methyl sites for hydroxylation is 1. The molecule has 3 aliphatic rings. The molecule has 5 heteroatoms. The third-order valence-electron chi connectivity index (χ3n) is 7.63. The number of para-hydroxylation sites is 1. The first-order valence-electron chi connectivity index (χ1n) is 11.4. The van der Waals surface area contributed by atoms with Gasteiger partial charge in [-0.3, -0.25) is 9.59 Å². The molecule has 2 aliphatic heterocycles. The van der Waals surface area contributed by atoms with Crippen molar-refractivity contribution in [1.82, 2.24) is 9.80 Å². The second-order valence-corrected chi connectivity index (χ2v) is 9.67. The highest BCUT2D eigenvalue weighted by atomic mass is 16.2. The molecule has 0 aromatic heterocycles. The van der Waals surface area contributed by atoms with Crippen molar-refractivity contribution in [2.75, 3.05) is 39.0 Å². The molecule has 1 aliphatic carbocycles. The van der Waals surface area contributed by atoms with Crippen LogP contribution >= 0.6 is 0 Å². The quantitative estimate of drug-likeness (QED) is 0.832. The Hall–Kier alpha value is -2.66. The van der Waals surface area contributed by atoms with E-state index in [1.165, 1.54) is 31.2 Å². The maximum Gasteiger partial charge on any atom is 0.255 e. The Morgan fingerprint density at radius 3 is 2.58 bits per heavy atom. The molecular weight excluding hydrogens is 386 g/mol. The van der Waals surface area contributed by atoms with Gasteiger partial charge in [-0.15, -0.1) is 0 Å². The fourth-order valence-electron chi connectivity index (χ4n) is 5.83. The van der Waals surface area contributed by atoms with Gasteiger partial charge in [0.2, 0.25) is 5.91 Å². The van der Waals surface area contributed by atoms with E-state index in [-0.39, 0.29) is 17.7 Å². The number of hydrogen-bond donors (Lipinski definition) is 1. The number of nitrogens with zero attached hydrogens (tertiary/aromatic N) is 2. The smallest absolute Gasteiger partial charge is 0.255 e. The van der Waals surface area contributed by atoms with Crippen molar-refractivity contribution < 1.29 is 9.59 Å². The summed E-state index contributed by atoms with van der Waals surface area (Å²) in [5.74, 6) is -0.103. The molecular formula is C26H31N3O2. The number of likely N-dealkylation sites (tertiary alicyclic amines) is 1. The molecule has 0 bridgehead atoms. The van der Waals surface area contributed by atoms with E-state index in [4.69, 9.17) is 0 Å². The first kappa shape index (κ1) is 20.3. The molecule has 2 amide bonds. The Morgan fingerprint density at radius 2 is 1.81 bits per heavy atom. The molecule has 5 nitrogen and oxygen atoms in total. The predicted molar refractivity (Wildman–Crippen MR) is 122 cm³/mol. The van der Waals surface area contributed by atoms with Crippen LogP contribution in [0, 0.1) is 5.92 Å². The van der Waals surface area contributed by atoms with Crippen LogP contribution in [0.4, 0.5) is 5.69 Å². The minimum absolute atomic E-state index is 0.0398. The van der Waals surface area contributed by atoms with E-state index in [2.05, 4.69) is 34.5 Å². The molecule has 1 fully saturated rings. The topological polar surface area (TPSA) is 52.7 Å². The number of carbonyl (C=O) groups excluding carboxylic acids is 2. The third-order valence-corrected chi connectivity index (χ3v) is 7.63. The van der Waals surface area contributed by atoms with Gasteiger partial charge in [-0.2, -0.15) is 0 Å². The van der Waals surface area contributed by atoms with Crippen molar-refractivity contribution in [3.05, 3.63) is 64.7 Å². The largest absolute Gasteiger partial charge is 0.345 e. The standard InChI is InChI=1S/C26H31N3O2/c1-28(2)25(31)21-8-5-7-19-16-20(24(30)27-23(19)21)17-29-14-12-26(13-15-29)11-10-18-6-3-4-9-22(18)26/h3-9,20H,10-17H2,1-2H3,(H,27,30). The van der Waals surface area contributed by atoms with E-state index in [0.717, 1.165) is 25.2 Å². The summed E-state index contributed by atoms with van der Waals surface area (Å²) in [6.07, 6.45) is 5.51. The molecule has 5 rings (SSSR count). The number of hydrogen-bond acceptors (Lipinski definition) is 3. The molecule has 0 saturated carbocycles. The average molecular weight is 418 g/mol. The van der Waals surface area contributed by atoms with Crippen molar-refractivity contribution >= 4 is 17.5 Å². The van der Waals surface area contributed by atoms with Crippen LogP contribution in [0.1, 0.15) is 46.3 Å². The zero-order chi connectivity index (χ0) is 21.6. The number of benzene rings is 2. The van der Waals surface area contributed by atoms with Crippen molar-refractivity contribution in [3.63, 3.8) is 0 Å². The molecule has 2 aromatic rings. The predicted octanol–water partition coefficient (Wildman–Crippen LogP) is 3.48. The maximum atomic E-state index is 12.9. The lowest BCUT2D eigenvalue weighted by Gasteiger charge is -2.41. The summed E-state index contributed by atoms with van der Waals surface area (Å²) in [5, 5.41) is 3.05. The van der Waals surface area contributed by atoms with Gasteiger partial charge in [0.1, 0.15) is 0 Å². The Labute approximate surface area is 184 Å². The lowest BCUT2D eigenvalue weighted by atomic mass is 9.73. The molecule has 162 valence electrons. The van der Waals surface area contributed by atoms with Crippen molar-refractivity contribution in [2.45, 2.75) is 37.5 Å². The van der Waals surface area contributed by atoms with Crippen LogP contribution in [-0.2, 0) is 23.1 Å². The van der Waals surface area contributed by atoms with Gasteiger partial charge in [-0.1, -0.05) is 36.4 Å². The van der Waals surface area contributed by atoms with Crippen LogP contribution in [0.3, 0.4) is 0 Å². The number of amides is 2. The van der Waals surface area contributed by atoms with E-state index >= 15 is 0 Å². The zero-order valence-electron chi connectivity index (χ0n) is 18.5. The molecule has 2 aromatic carbocycles. The van der Waals surface area contributed by atoms with E-state index < -0.39 is 0 Å². The summed E-state index contributed by atoms with van der Waals surface area (Å²) in [6.45, 7) is 2.88. The van der Waals surface area contributed by atoms with Gasteiger partial charge < -0.3 is 15.1 Å². The third kappa shape index (κ3) is 3.55. The molecule has 2 heterocycles. The molecule has 1 N–H and O–H groups in total. The van der Waals surface area contributed by atoms with Crippen LogP contribution in [0.2, 0.25) is 0 Å². The van der Waals surface area contributed by atoms with Crippen LogP contribution in [-0.4, -0.2) is 55.3 Å². The zero-order valence-corrected chi connectivity index (χ0v) is 18.5. The minimum atomic E-state index is -0.0752. The van der Waals surface area contributed by atoms with E-state index in [1.54, 1.807) is 30.6 Å². The van der Waals surface area contributed by atoms with Crippen LogP contribution in [0.15, 0.2) is 42.5 Å². The van der Waals surface area contributed by atoms with Gasteiger partial charge in [0.05, 0.1) is 17.2 Å². The van der Waals surface area contributed by atoms with Gasteiger partial charge in [-0.25, -0.2) is 0 Å². The number of nitrogens with one attached hydrogen (secondary N) is 1. The van der Waals surface area contributed by atoms with Crippen LogP contribution in [0.5, 0.6) is 0 Å². The Balaban J connectivity index is 1.26. The molecule has 1 unspecified atom stereocenters. The van der Waals surface area contributed by atoms with Crippen LogP contribution in [0.25, 0.3) is 0 Å². The monoisotopic (exact) mass is 417 g/mol. The van der Waals surface area contributed by atoms with E-state index in [0.29, 0.717) is 23.1 Å². The molecule has 1 saturated heterocycles. The summed E-state index contributed by atoms with van der Waals surface area (Å²) in [7, 11) is 3.47. The summed E-state index contributed by atoms with van der Waals surface area (Å²) < 4.78 is 0. The fourth-order valence-corrected chi connectivity index (χ4v) is 5.83. The van der Waals surface area contributed by atoms with Gasteiger partial charge in [0.25, 0.3) is 5.91 Å². The average Bonchev–Trinajstić information content (AvgIpc) is 3.13.